The summed E-state index contributed by atoms with van der Waals surface area (Å²) in [6.07, 6.45) is -0.286. The van der Waals surface area contributed by atoms with Crippen LogP contribution in [-0.2, 0) is 36.8 Å². The third-order valence-corrected chi connectivity index (χ3v) is 6.12. The number of phenols is 1. The molecule has 2 rings (SSSR count). The number of thiol groups is 1. The van der Waals surface area contributed by atoms with Crippen molar-refractivity contribution in [1.82, 2.24) is 16.0 Å². The summed E-state index contributed by atoms with van der Waals surface area (Å²) in [6, 6.07) is 10.2. The van der Waals surface area contributed by atoms with Gasteiger partial charge in [0.1, 0.15) is 23.9 Å². The molecule has 4 amide bonds. The fourth-order valence-electron chi connectivity index (χ4n) is 3.60. The first kappa shape index (κ1) is 31.1. The van der Waals surface area contributed by atoms with Gasteiger partial charge in [-0.3, -0.25) is 19.2 Å². The van der Waals surface area contributed by atoms with Gasteiger partial charge in [0.05, 0.1) is 6.04 Å². The van der Waals surface area contributed by atoms with Crippen LogP contribution in [0.1, 0.15) is 24.0 Å². The molecule has 0 aliphatic heterocycles. The molecule has 0 radical (unpaired) electrons. The average molecular weight is 560 g/mol. The molecule has 0 spiro atoms. The number of benzene rings is 2. The lowest BCUT2D eigenvalue weighted by molar-refractivity contribution is -0.141. The van der Waals surface area contributed by atoms with Gasteiger partial charge in [0.25, 0.3) is 0 Å². The van der Waals surface area contributed by atoms with Crippen LogP contribution in [0.5, 0.6) is 5.75 Å². The topological polar surface area (TPSA) is 214 Å². The minimum Gasteiger partial charge on any atom is -0.508 e. The number of carboxylic acids is 1. The first-order valence-electron chi connectivity index (χ1n) is 12.1. The summed E-state index contributed by atoms with van der Waals surface area (Å²) < 4.78 is 0. The summed E-state index contributed by atoms with van der Waals surface area (Å²) in [5, 5.41) is 26.2. The highest BCUT2D eigenvalue weighted by atomic mass is 32.1. The van der Waals surface area contributed by atoms with E-state index in [0.29, 0.717) is 5.56 Å². The van der Waals surface area contributed by atoms with Crippen molar-refractivity contribution in [2.75, 3.05) is 5.75 Å². The summed E-state index contributed by atoms with van der Waals surface area (Å²) in [4.78, 5) is 61.8. The van der Waals surface area contributed by atoms with Gasteiger partial charge in [-0.05, 0) is 36.1 Å². The van der Waals surface area contributed by atoms with Crippen LogP contribution in [0.2, 0.25) is 0 Å². The maximum Gasteiger partial charge on any atom is 0.327 e. The van der Waals surface area contributed by atoms with E-state index in [4.69, 9.17) is 11.5 Å². The van der Waals surface area contributed by atoms with Gasteiger partial charge in [-0.2, -0.15) is 12.6 Å². The lowest BCUT2D eigenvalue weighted by Crippen LogP contribution is -2.58. The molecular formula is C26H33N5O7S. The molecule has 2 aromatic carbocycles. The van der Waals surface area contributed by atoms with Crippen LogP contribution in [0.15, 0.2) is 54.6 Å². The molecule has 210 valence electrons. The van der Waals surface area contributed by atoms with Crippen LogP contribution < -0.4 is 27.4 Å². The predicted octanol–water partition coefficient (Wildman–Crippen LogP) is -0.761. The molecule has 4 atom stereocenters. The highest BCUT2D eigenvalue weighted by Gasteiger charge is 2.30. The highest BCUT2D eigenvalue weighted by molar-refractivity contribution is 7.80. The Bertz CT molecular complexity index is 1150. The molecule has 0 fully saturated rings. The Labute approximate surface area is 230 Å². The first-order chi connectivity index (χ1) is 18.5. The van der Waals surface area contributed by atoms with Gasteiger partial charge in [0.15, 0.2) is 0 Å². The van der Waals surface area contributed by atoms with E-state index in [9.17, 15) is 34.2 Å². The molecule has 0 aromatic heterocycles. The van der Waals surface area contributed by atoms with Crippen molar-refractivity contribution in [3.63, 3.8) is 0 Å². The van der Waals surface area contributed by atoms with E-state index in [1.165, 1.54) is 12.1 Å². The average Bonchev–Trinajstić information content (AvgIpc) is 2.90. The molecule has 0 aliphatic carbocycles. The van der Waals surface area contributed by atoms with Crippen molar-refractivity contribution in [2.45, 2.75) is 49.9 Å². The van der Waals surface area contributed by atoms with Crippen LogP contribution in [-0.4, -0.2) is 69.7 Å². The van der Waals surface area contributed by atoms with Crippen molar-refractivity contribution in [2.24, 2.45) is 11.5 Å². The fraction of sp³-hybridized carbons (Fsp3) is 0.346. The van der Waals surface area contributed by atoms with Gasteiger partial charge in [0, 0.05) is 18.6 Å². The second-order valence-corrected chi connectivity index (χ2v) is 9.24. The molecule has 0 aliphatic rings. The van der Waals surface area contributed by atoms with Gasteiger partial charge in [0.2, 0.25) is 23.6 Å². The Morgan fingerprint density at radius 1 is 0.769 bits per heavy atom. The second-order valence-electron chi connectivity index (χ2n) is 8.88. The molecule has 0 saturated carbocycles. The smallest absolute Gasteiger partial charge is 0.327 e. The Morgan fingerprint density at radius 2 is 1.31 bits per heavy atom. The number of carbonyl (C=O) groups is 5. The molecule has 2 aromatic rings. The molecule has 39 heavy (non-hydrogen) atoms. The van der Waals surface area contributed by atoms with Crippen LogP contribution in [0.25, 0.3) is 0 Å². The summed E-state index contributed by atoms with van der Waals surface area (Å²) in [6.45, 7) is 0. The SMILES string of the molecule is NC(=O)CCC(NC(=O)C(Cc1ccc(O)cc1)NC(=O)C(N)Cc1ccccc1)C(=O)NC(CS)C(=O)O. The van der Waals surface area contributed by atoms with Crippen molar-refractivity contribution in [3.8, 4) is 5.75 Å². The van der Waals surface area contributed by atoms with Crippen molar-refractivity contribution >= 4 is 42.2 Å². The monoisotopic (exact) mass is 559 g/mol. The largest absolute Gasteiger partial charge is 0.508 e. The maximum atomic E-state index is 13.3. The summed E-state index contributed by atoms with van der Waals surface area (Å²) in [7, 11) is 0. The van der Waals surface area contributed by atoms with Crippen LogP contribution >= 0.6 is 12.6 Å². The number of phenolic OH excluding ortho intramolecular Hbond substituents is 1. The van der Waals surface area contributed by atoms with Crippen LogP contribution in [0.4, 0.5) is 0 Å². The van der Waals surface area contributed by atoms with E-state index in [1.807, 2.05) is 18.2 Å². The zero-order valence-electron chi connectivity index (χ0n) is 21.1. The quantitative estimate of drug-likeness (QED) is 0.130. The zero-order valence-corrected chi connectivity index (χ0v) is 22.0. The van der Waals surface area contributed by atoms with Gasteiger partial charge in [-0.25, -0.2) is 4.79 Å². The zero-order chi connectivity index (χ0) is 28.9. The summed E-state index contributed by atoms with van der Waals surface area (Å²) in [5.74, 6) is -4.51. The Kier molecular flexibility index (Phi) is 12.2. The minimum absolute atomic E-state index is 0.00836. The van der Waals surface area contributed by atoms with Crippen LogP contribution in [0.3, 0.4) is 0 Å². The summed E-state index contributed by atoms with van der Waals surface area (Å²) in [5.41, 5.74) is 12.7. The number of nitrogens with two attached hydrogens (primary N) is 2. The molecule has 12 nitrogen and oxygen atoms in total. The van der Waals surface area contributed by atoms with E-state index >= 15 is 0 Å². The van der Waals surface area contributed by atoms with Gasteiger partial charge in [-0.15, -0.1) is 0 Å². The standard InChI is InChI=1S/C26H33N5O7S/c27-18(12-15-4-2-1-3-5-15)23(34)30-20(13-16-6-8-17(32)9-7-16)25(36)29-19(10-11-22(28)33)24(35)31-21(14-39)26(37)38/h1-9,18-21,32,39H,10-14,27H2,(H2,28,33)(H,29,36)(H,30,34)(H,31,35)(H,37,38). The third kappa shape index (κ3) is 10.7. The molecular weight excluding hydrogens is 526 g/mol. The lowest BCUT2D eigenvalue weighted by atomic mass is 10.0. The first-order valence-corrected chi connectivity index (χ1v) is 12.7. The molecule has 13 heteroatoms. The molecule has 0 bridgehead atoms. The predicted molar refractivity (Wildman–Crippen MR) is 146 cm³/mol. The normalized spacial score (nSPS) is 13.8. The summed E-state index contributed by atoms with van der Waals surface area (Å²) >= 11 is 3.91. The number of aliphatic carboxylic acids is 1. The number of primary amides is 1. The van der Waals surface area contributed by atoms with Gasteiger partial charge < -0.3 is 37.6 Å². The number of carbonyl (C=O) groups excluding carboxylic acids is 4. The van der Waals surface area contributed by atoms with Crippen LogP contribution in [0, 0.1) is 0 Å². The fourth-order valence-corrected chi connectivity index (χ4v) is 3.85. The second kappa shape index (κ2) is 15.3. The Hall–Kier alpha value is -4.10. The number of amides is 4. The number of nitrogens with one attached hydrogen (secondary N) is 3. The lowest BCUT2D eigenvalue weighted by Gasteiger charge is -2.25. The van der Waals surface area contributed by atoms with E-state index in [-0.39, 0.29) is 37.2 Å². The van der Waals surface area contributed by atoms with E-state index in [1.54, 1.807) is 24.3 Å². The Morgan fingerprint density at radius 3 is 1.87 bits per heavy atom. The van der Waals surface area contributed by atoms with Crippen molar-refractivity contribution in [1.29, 1.82) is 0 Å². The molecule has 9 N–H and O–H groups in total. The molecule has 4 unspecified atom stereocenters. The number of rotatable bonds is 15. The number of hydrogen-bond donors (Lipinski definition) is 8. The van der Waals surface area contributed by atoms with E-state index < -0.39 is 53.8 Å². The molecule has 0 heterocycles. The number of carboxylic acid groups (broad SMARTS) is 1. The molecule has 0 saturated heterocycles. The maximum absolute atomic E-state index is 13.3. The van der Waals surface area contributed by atoms with Crippen molar-refractivity contribution in [3.05, 3.63) is 65.7 Å². The third-order valence-electron chi connectivity index (χ3n) is 5.75. The van der Waals surface area contributed by atoms with Gasteiger partial charge in [-0.1, -0.05) is 42.5 Å². The Balaban J connectivity index is 2.23. The van der Waals surface area contributed by atoms with Gasteiger partial charge >= 0.3 is 5.97 Å². The number of aromatic hydroxyl groups is 1. The number of hydrogen-bond acceptors (Lipinski definition) is 8. The van der Waals surface area contributed by atoms with E-state index in [0.717, 1.165) is 5.56 Å². The highest BCUT2D eigenvalue weighted by Crippen LogP contribution is 2.12. The van der Waals surface area contributed by atoms with E-state index in [2.05, 4.69) is 28.6 Å². The van der Waals surface area contributed by atoms with Crippen molar-refractivity contribution < 1.29 is 34.2 Å². The minimum atomic E-state index is -1.34.